The van der Waals surface area contributed by atoms with Crippen molar-refractivity contribution >= 4 is 50.7 Å². The van der Waals surface area contributed by atoms with Gasteiger partial charge in [-0.15, -0.1) is 0 Å². The minimum Gasteiger partial charge on any atom is -0.352 e. The summed E-state index contributed by atoms with van der Waals surface area (Å²) in [4.78, 5) is 28.8. The normalized spacial score (nSPS) is 12.8. The largest absolute Gasteiger partial charge is 0.352 e. The SMILES string of the molecule is CC[C@@H](C)NC(=O)[C@@H](CC)N(CCc1ccccc1)C(=O)CN(c1cc(Cl)ccc1Cl)S(=O)(=O)c1ccccc1. The Labute approximate surface area is 247 Å². The van der Waals surface area contributed by atoms with Crippen LogP contribution in [-0.4, -0.2) is 50.3 Å². The molecule has 2 atom stereocenters. The Morgan fingerprint density at radius 2 is 1.52 bits per heavy atom. The molecule has 0 saturated heterocycles. The lowest BCUT2D eigenvalue weighted by atomic mass is 10.1. The van der Waals surface area contributed by atoms with Gasteiger partial charge in [0.25, 0.3) is 10.0 Å². The predicted molar refractivity (Wildman–Crippen MR) is 161 cm³/mol. The van der Waals surface area contributed by atoms with E-state index in [0.29, 0.717) is 12.8 Å². The maximum absolute atomic E-state index is 14.0. The van der Waals surface area contributed by atoms with E-state index in [0.717, 1.165) is 16.3 Å². The van der Waals surface area contributed by atoms with Crippen LogP contribution in [0.5, 0.6) is 0 Å². The van der Waals surface area contributed by atoms with Gasteiger partial charge in [-0.1, -0.05) is 85.6 Å². The van der Waals surface area contributed by atoms with Crippen LogP contribution in [-0.2, 0) is 26.0 Å². The van der Waals surface area contributed by atoms with Gasteiger partial charge in [-0.05, 0) is 62.1 Å². The second-order valence-electron chi connectivity index (χ2n) is 9.49. The van der Waals surface area contributed by atoms with Crippen LogP contribution in [0.15, 0.2) is 83.8 Å². The predicted octanol–water partition coefficient (Wildman–Crippen LogP) is 5.95. The number of halogens is 2. The van der Waals surface area contributed by atoms with Gasteiger partial charge < -0.3 is 10.2 Å². The zero-order valence-corrected chi connectivity index (χ0v) is 25.2. The third kappa shape index (κ3) is 7.99. The molecule has 0 spiro atoms. The van der Waals surface area contributed by atoms with E-state index < -0.39 is 28.5 Å². The monoisotopic (exact) mass is 603 g/mol. The number of carbonyl (C=O) groups excluding carboxylic acids is 2. The summed E-state index contributed by atoms with van der Waals surface area (Å²) in [5.41, 5.74) is 1.07. The molecule has 0 aliphatic heterocycles. The third-order valence-electron chi connectivity index (χ3n) is 6.66. The van der Waals surface area contributed by atoms with E-state index in [9.17, 15) is 18.0 Å². The lowest BCUT2D eigenvalue weighted by Gasteiger charge is -2.34. The first kappa shape index (κ1) is 31.5. The molecule has 0 aromatic heterocycles. The number of amides is 2. The highest BCUT2D eigenvalue weighted by atomic mass is 35.5. The summed E-state index contributed by atoms with van der Waals surface area (Å²) in [7, 11) is -4.22. The van der Waals surface area contributed by atoms with Crippen LogP contribution in [0.3, 0.4) is 0 Å². The van der Waals surface area contributed by atoms with Crippen molar-refractivity contribution in [3.8, 4) is 0 Å². The molecule has 7 nitrogen and oxygen atoms in total. The number of carbonyl (C=O) groups is 2. The summed E-state index contributed by atoms with van der Waals surface area (Å²) in [5.74, 6) is -0.811. The minimum atomic E-state index is -4.22. The van der Waals surface area contributed by atoms with Gasteiger partial charge >= 0.3 is 0 Å². The molecule has 0 heterocycles. The van der Waals surface area contributed by atoms with Crippen LogP contribution in [0.25, 0.3) is 0 Å². The van der Waals surface area contributed by atoms with Gasteiger partial charge in [-0.25, -0.2) is 8.42 Å². The molecule has 10 heteroatoms. The lowest BCUT2D eigenvalue weighted by Crippen LogP contribution is -2.54. The molecule has 0 fully saturated rings. The van der Waals surface area contributed by atoms with Crippen LogP contribution < -0.4 is 9.62 Å². The summed E-state index contributed by atoms with van der Waals surface area (Å²) in [6.07, 6.45) is 1.58. The van der Waals surface area contributed by atoms with E-state index >= 15 is 0 Å². The molecule has 3 aromatic carbocycles. The Morgan fingerprint density at radius 1 is 0.900 bits per heavy atom. The fourth-order valence-corrected chi connectivity index (χ4v) is 6.13. The average Bonchev–Trinajstić information content (AvgIpc) is 2.95. The molecule has 3 aromatic rings. The molecule has 40 heavy (non-hydrogen) atoms. The maximum Gasteiger partial charge on any atom is 0.264 e. The highest BCUT2D eigenvalue weighted by molar-refractivity contribution is 7.92. The fraction of sp³-hybridized carbons (Fsp3) is 0.333. The number of sulfonamides is 1. The van der Waals surface area contributed by atoms with Crippen molar-refractivity contribution < 1.29 is 18.0 Å². The molecule has 2 amide bonds. The standard InChI is InChI=1S/C30H35Cl2N3O4S/c1-4-22(3)33-30(37)27(5-2)34(19-18-23-12-8-6-9-13-23)29(36)21-35(28-20-24(31)16-17-26(28)32)40(38,39)25-14-10-7-11-15-25/h6-17,20,22,27H,4-5,18-19,21H2,1-3H3,(H,33,37)/t22-,27-/m1/s1. The second-order valence-corrected chi connectivity index (χ2v) is 12.2. The van der Waals surface area contributed by atoms with Crippen molar-refractivity contribution in [2.75, 3.05) is 17.4 Å². The number of benzene rings is 3. The van der Waals surface area contributed by atoms with E-state index in [-0.39, 0.29) is 39.1 Å². The minimum absolute atomic E-state index is 0.00349. The molecule has 0 aliphatic carbocycles. The molecule has 214 valence electrons. The smallest absolute Gasteiger partial charge is 0.264 e. The topological polar surface area (TPSA) is 86.8 Å². The molecule has 3 rings (SSSR count). The Bertz CT molecular complexity index is 1390. The molecule has 0 bridgehead atoms. The van der Waals surface area contributed by atoms with Crippen molar-refractivity contribution in [2.45, 2.75) is 57.0 Å². The third-order valence-corrected chi connectivity index (χ3v) is 8.99. The van der Waals surface area contributed by atoms with E-state index in [1.165, 1.54) is 29.2 Å². The van der Waals surface area contributed by atoms with Crippen LogP contribution in [0.2, 0.25) is 10.0 Å². The summed E-state index contributed by atoms with van der Waals surface area (Å²) >= 11 is 12.7. The molecular weight excluding hydrogens is 569 g/mol. The average molecular weight is 605 g/mol. The van der Waals surface area contributed by atoms with E-state index in [1.807, 2.05) is 51.1 Å². The Kier molecular flexibility index (Phi) is 11.4. The van der Waals surface area contributed by atoms with Gasteiger partial charge in [0.15, 0.2) is 0 Å². The van der Waals surface area contributed by atoms with Gasteiger partial charge in [0.1, 0.15) is 12.6 Å². The molecular formula is C30H35Cl2N3O4S. The Morgan fingerprint density at radius 3 is 2.12 bits per heavy atom. The van der Waals surface area contributed by atoms with Crippen LogP contribution in [0.1, 0.15) is 39.2 Å². The summed E-state index contributed by atoms with van der Waals surface area (Å²) in [6, 6.07) is 21.0. The van der Waals surface area contributed by atoms with Crippen molar-refractivity contribution in [3.05, 3.63) is 94.5 Å². The van der Waals surface area contributed by atoms with Crippen LogP contribution in [0, 0.1) is 0 Å². The fourth-order valence-electron chi connectivity index (χ4n) is 4.25. The zero-order chi connectivity index (χ0) is 29.3. The first-order valence-electron chi connectivity index (χ1n) is 13.2. The molecule has 0 aliphatic rings. The van der Waals surface area contributed by atoms with E-state index in [4.69, 9.17) is 23.2 Å². The maximum atomic E-state index is 14.0. The van der Waals surface area contributed by atoms with Gasteiger partial charge in [-0.3, -0.25) is 13.9 Å². The first-order valence-corrected chi connectivity index (χ1v) is 15.4. The van der Waals surface area contributed by atoms with Gasteiger partial charge in [0.2, 0.25) is 11.8 Å². The number of nitrogens with one attached hydrogen (secondary N) is 1. The van der Waals surface area contributed by atoms with Gasteiger partial charge in [-0.2, -0.15) is 0 Å². The highest BCUT2D eigenvalue weighted by Crippen LogP contribution is 2.33. The highest BCUT2D eigenvalue weighted by Gasteiger charge is 2.34. The summed E-state index contributed by atoms with van der Waals surface area (Å²) < 4.78 is 28.7. The lowest BCUT2D eigenvalue weighted by molar-refractivity contribution is -0.139. The van der Waals surface area contributed by atoms with Crippen molar-refractivity contribution in [2.24, 2.45) is 0 Å². The number of hydrogen-bond donors (Lipinski definition) is 1. The van der Waals surface area contributed by atoms with Crippen molar-refractivity contribution in [1.29, 1.82) is 0 Å². The second kappa shape index (κ2) is 14.5. The van der Waals surface area contributed by atoms with Gasteiger partial charge in [0.05, 0.1) is 15.6 Å². The zero-order valence-electron chi connectivity index (χ0n) is 22.9. The molecule has 1 N–H and O–H groups in total. The van der Waals surface area contributed by atoms with E-state index in [2.05, 4.69) is 5.32 Å². The number of nitrogens with zero attached hydrogens (tertiary/aromatic N) is 2. The summed E-state index contributed by atoms with van der Waals surface area (Å²) in [5, 5.41) is 3.35. The number of anilines is 1. The van der Waals surface area contributed by atoms with Crippen molar-refractivity contribution in [3.63, 3.8) is 0 Å². The summed E-state index contributed by atoms with van der Waals surface area (Å²) in [6.45, 7) is 5.34. The van der Waals surface area contributed by atoms with Crippen LogP contribution >= 0.6 is 23.2 Å². The quantitative estimate of drug-likeness (QED) is 0.261. The van der Waals surface area contributed by atoms with Gasteiger partial charge in [0, 0.05) is 17.6 Å². The Balaban J connectivity index is 2.04. The number of rotatable bonds is 13. The number of hydrogen-bond acceptors (Lipinski definition) is 4. The first-order chi connectivity index (χ1) is 19.1. The Hall–Kier alpha value is -3.07. The van der Waals surface area contributed by atoms with E-state index in [1.54, 1.807) is 24.3 Å². The molecule has 0 unspecified atom stereocenters. The molecule has 0 radical (unpaired) electrons. The van der Waals surface area contributed by atoms with Crippen molar-refractivity contribution in [1.82, 2.24) is 10.2 Å². The van der Waals surface area contributed by atoms with Crippen LogP contribution in [0.4, 0.5) is 5.69 Å². The molecule has 0 saturated carbocycles.